The van der Waals surface area contributed by atoms with Crippen LogP contribution in [0.5, 0.6) is 0 Å². The van der Waals surface area contributed by atoms with Gasteiger partial charge in [-0.1, -0.05) is 36.4 Å². The van der Waals surface area contributed by atoms with E-state index in [1.54, 1.807) is 6.08 Å². The molecule has 1 N–H and O–H groups in total. The minimum Gasteiger partial charge on any atom is -0.396 e. The van der Waals surface area contributed by atoms with Crippen LogP contribution < -0.4 is 0 Å². The molecule has 4 nitrogen and oxygen atoms in total. The zero-order chi connectivity index (χ0) is 15.3. The molecule has 1 aliphatic rings. The summed E-state index contributed by atoms with van der Waals surface area (Å²) in [6.07, 6.45) is 1.26. The lowest BCUT2D eigenvalue weighted by Gasteiger charge is -2.22. The molecule has 0 bridgehead atoms. The summed E-state index contributed by atoms with van der Waals surface area (Å²) in [7, 11) is 0. The average molecular weight is 292 g/mol. The van der Waals surface area contributed by atoms with E-state index in [-0.39, 0.29) is 24.7 Å². The third-order valence-corrected chi connectivity index (χ3v) is 3.55. The van der Waals surface area contributed by atoms with Gasteiger partial charge in [0.05, 0.1) is 25.9 Å². The summed E-state index contributed by atoms with van der Waals surface area (Å²) in [6.45, 7) is 8.44. The molecule has 0 aliphatic carbocycles. The van der Waals surface area contributed by atoms with Crippen molar-refractivity contribution in [1.82, 2.24) is 0 Å². The van der Waals surface area contributed by atoms with Crippen molar-refractivity contribution < 1.29 is 19.3 Å². The second kappa shape index (κ2) is 7.18. The Morgan fingerprint density at radius 2 is 2.05 bits per heavy atom. The van der Waals surface area contributed by atoms with E-state index in [4.69, 9.17) is 14.2 Å². The van der Waals surface area contributed by atoms with Gasteiger partial charge in [-0.2, -0.15) is 0 Å². The minimum atomic E-state index is -0.665. The van der Waals surface area contributed by atoms with E-state index >= 15 is 0 Å². The van der Waals surface area contributed by atoms with E-state index in [0.717, 1.165) is 5.56 Å². The molecule has 116 valence electrons. The van der Waals surface area contributed by atoms with E-state index in [1.807, 2.05) is 44.2 Å². The number of aliphatic hydroxyl groups is 1. The molecular weight excluding hydrogens is 268 g/mol. The second-order valence-electron chi connectivity index (χ2n) is 5.72. The van der Waals surface area contributed by atoms with Gasteiger partial charge in [-0.05, 0) is 19.4 Å². The smallest absolute Gasteiger partial charge is 0.163 e. The first-order valence-electron chi connectivity index (χ1n) is 7.26. The average Bonchev–Trinajstić information content (AvgIpc) is 2.77. The third kappa shape index (κ3) is 4.38. The molecule has 4 heteroatoms. The first kappa shape index (κ1) is 16.2. The van der Waals surface area contributed by atoms with E-state index in [1.165, 1.54) is 0 Å². The van der Waals surface area contributed by atoms with Gasteiger partial charge in [-0.25, -0.2) is 0 Å². The van der Waals surface area contributed by atoms with Gasteiger partial charge in [-0.15, -0.1) is 6.58 Å². The molecule has 1 saturated heterocycles. The van der Waals surface area contributed by atoms with Crippen LogP contribution >= 0.6 is 0 Å². The van der Waals surface area contributed by atoms with E-state index in [0.29, 0.717) is 13.2 Å². The first-order valence-corrected chi connectivity index (χ1v) is 7.26. The standard InChI is InChI=1S/C17H24O4/c1-4-14(10-18)16-15(20-17(2,3)21-16)12-19-11-13-8-6-5-7-9-13/h4-9,14-16,18H,1,10-12H2,2-3H3/t14-,15+,16+/m1/s1. The van der Waals surface area contributed by atoms with Crippen molar-refractivity contribution >= 4 is 0 Å². The van der Waals surface area contributed by atoms with Crippen LogP contribution in [0.4, 0.5) is 0 Å². The molecule has 1 aromatic rings. The molecule has 1 aromatic carbocycles. The number of hydrogen-bond acceptors (Lipinski definition) is 4. The normalized spacial score (nSPS) is 25.7. The molecule has 21 heavy (non-hydrogen) atoms. The maximum Gasteiger partial charge on any atom is 0.163 e. The first-order chi connectivity index (χ1) is 10.1. The highest BCUT2D eigenvalue weighted by Gasteiger charge is 2.44. The molecule has 0 saturated carbocycles. The topological polar surface area (TPSA) is 47.9 Å². The molecule has 2 rings (SSSR count). The van der Waals surface area contributed by atoms with Crippen molar-refractivity contribution in [1.29, 1.82) is 0 Å². The van der Waals surface area contributed by atoms with Crippen LogP contribution in [0.1, 0.15) is 19.4 Å². The Hall–Kier alpha value is -1.20. The number of aliphatic hydroxyl groups excluding tert-OH is 1. The van der Waals surface area contributed by atoms with Crippen molar-refractivity contribution in [2.45, 2.75) is 38.4 Å². The van der Waals surface area contributed by atoms with Crippen molar-refractivity contribution in [2.75, 3.05) is 13.2 Å². The summed E-state index contributed by atoms with van der Waals surface area (Å²) in [5.41, 5.74) is 1.12. The molecule has 0 unspecified atom stereocenters. The van der Waals surface area contributed by atoms with E-state index in [2.05, 4.69) is 6.58 Å². The van der Waals surface area contributed by atoms with Crippen LogP contribution in [-0.4, -0.2) is 36.3 Å². The lowest BCUT2D eigenvalue weighted by molar-refractivity contribution is -0.154. The number of rotatable bonds is 7. The Kier molecular flexibility index (Phi) is 5.53. The second-order valence-corrected chi connectivity index (χ2v) is 5.72. The molecule has 1 heterocycles. The van der Waals surface area contributed by atoms with Gasteiger partial charge >= 0.3 is 0 Å². The fourth-order valence-electron chi connectivity index (χ4n) is 2.53. The van der Waals surface area contributed by atoms with Gasteiger partial charge in [0.25, 0.3) is 0 Å². The maximum atomic E-state index is 9.43. The zero-order valence-corrected chi connectivity index (χ0v) is 12.7. The van der Waals surface area contributed by atoms with Crippen LogP contribution in [0.15, 0.2) is 43.0 Å². The summed E-state index contributed by atoms with van der Waals surface area (Å²) >= 11 is 0. The van der Waals surface area contributed by atoms with E-state index < -0.39 is 5.79 Å². The fraction of sp³-hybridized carbons (Fsp3) is 0.529. The molecular formula is C17H24O4. The lowest BCUT2D eigenvalue weighted by Crippen LogP contribution is -2.35. The van der Waals surface area contributed by atoms with Crippen molar-refractivity contribution in [2.24, 2.45) is 5.92 Å². The van der Waals surface area contributed by atoms with Crippen molar-refractivity contribution in [3.05, 3.63) is 48.6 Å². The summed E-state index contributed by atoms with van der Waals surface area (Å²) < 4.78 is 17.5. The predicted molar refractivity (Wildman–Crippen MR) is 80.7 cm³/mol. The van der Waals surface area contributed by atoms with Gasteiger partial charge in [0.1, 0.15) is 6.10 Å². The van der Waals surface area contributed by atoms with Crippen LogP contribution in [0.3, 0.4) is 0 Å². The summed E-state index contributed by atoms with van der Waals surface area (Å²) in [6, 6.07) is 9.99. The summed E-state index contributed by atoms with van der Waals surface area (Å²) in [4.78, 5) is 0. The Balaban J connectivity index is 1.91. The molecule has 0 aromatic heterocycles. The largest absolute Gasteiger partial charge is 0.396 e. The monoisotopic (exact) mass is 292 g/mol. The van der Waals surface area contributed by atoms with Crippen LogP contribution in [0.25, 0.3) is 0 Å². The molecule has 0 radical (unpaired) electrons. The van der Waals surface area contributed by atoms with Crippen LogP contribution in [-0.2, 0) is 20.8 Å². The number of hydrogen-bond donors (Lipinski definition) is 1. The zero-order valence-electron chi connectivity index (χ0n) is 12.7. The Bertz CT molecular complexity index is 443. The van der Waals surface area contributed by atoms with Gasteiger partial charge in [-0.3, -0.25) is 0 Å². The lowest BCUT2D eigenvalue weighted by atomic mass is 9.99. The van der Waals surface area contributed by atoms with Gasteiger partial charge in [0, 0.05) is 5.92 Å². The van der Waals surface area contributed by atoms with Gasteiger partial charge in [0.2, 0.25) is 0 Å². The minimum absolute atomic E-state index is 0.0111. The SMILES string of the molecule is C=C[C@H](CO)[C@@H]1OC(C)(C)O[C@H]1COCc1ccccc1. The van der Waals surface area contributed by atoms with Crippen LogP contribution in [0, 0.1) is 5.92 Å². The quantitative estimate of drug-likeness (QED) is 0.785. The highest BCUT2D eigenvalue weighted by Crippen LogP contribution is 2.32. The Morgan fingerprint density at radius 1 is 1.33 bits per heavy atom. The molecule has 3 atom stereocenters. The number of ether oxygens (including phenoxy) is 3. The highest BCUT2D eigenvalue weighted by atomic mass is 16.8. The number of benzene rings is 1. The van der Waals surface area contributed by atoms with Gasteiger partial charge in [0.15, 0.2) is 5.79 Å². The Morgan fingerprint density at radius 3 is 2.67 bits per heavy atom. The summed E-state index contributed by atoms with van der Waals surface area (Å²) in [5, 5.41) is 9.43. The summed E-state index contributed by atoms with van der Waals surface area (Å²) in [5.74, 6) is -0.820. The van der Waals surface area contributed by atoms with Crippen molar-refractivity contribution in [3.63, 3.8) is 0 Å². The third-order valence-electron chi connectivity index (χ3n) is 3.55. The van der Waals surface area contributed by atoms with Crippen LogP contribution in [0.2, 0.25) is 0 Å². The maximum absolute atomic E-state index is 9.43. The molecule has 0 amide bonds. The molecule has 1 aliphatic heterocycles. The highest BCUT2D eigenvalue weighted by molar-refractivity contribution is 5.13. The Labute approximate surface area is 126 Å². The fourth-order valence-corrected chi connectivity index (χ4v) is 2.53. The molecule has 1 fully saturated rings. The van der Waals surface area contributed by atoms with E-state index in [9.17, 15) is 5.11 Å². The van der Waals surface area contributed by atoms with Crippen molar-refractivity contribution in [3.8, 4) is 0 Å². The van der Waals surface area contributed by atoms with Gasteiger partial charge < -0.3 is 19.3 Å². The predicted octanol–water partition coefficient (Wildman–Crippen LogP) is 2.52. The molecule has 0 spiro atoms.